The molecule has 0 bridgehead atoms. The zero-order valence-electron chi connectivity index (χ0n) is 15.1. The molecule has 1 amide bonds. The van der Waals surface area contributed by atoms with E-state index in [1.54, 1.807) is 6.07 Å². The maximum Gasteiger partial charge on any atom is 0.241 e. The van der Waals surface area contributed by atoms with E-state index in [1.165, 1.54) is 17.3 Å². The molecular formula is C19H24N4OS. The van der Waals surface area contributed by atoms with E-state index < -0.39 is 0 Å². The molecule has 2 N–H and O–H groups in total. The molecule has 3 rings (SSSR count). The Morgan fingerprint density at radius 3 is 2.72 bits per heavy atom. The molecule has 1 aliphatic heterocycles. The summed E-state index contributed by atoms with van der Waals surface area (Å²) >= 11 is 1.40. The molecule has 6 heteroatoms. The van der Waals surface area contributed by atoms with Gasteiger partial charge in [-0.3, -0.25) is 4.79 Å². The van der Waals surface area contributed by atoms with E-state index in [-0.39, 0.29) is 23.1 Å². The van der Waals surface area contributed by atoms with Gasteiger partial charge in [0.05, 0.1) is 5.25 Å². The number of rotatable bonds is 4. The Morgan fingerprint density at radius 2 is 2.04 bits per heavy atom. The summed E-state index contributed by atoms with van der Waals surface area (Å²) in [6.07, 6.45) is 0.894. The molecule has 1 aromatic heterocycles. The molecule has 0 aliphatic carbocycles. The van der Waals surface area contributed by atoms with Gasteiger partial charge in [0.1, 0.15) is 5.82 Å². The van der Waals surface area contributed by atoms with E-state index in [1.807, 2.05) is 30.0 Å². The number of nitrogen functional groups attached to an aromatic ring is 1. The molecule has 1 aromatic carbocycles. The van der Waals surface area contributed by atoms with Gasteiger partial charge in [0.15, 0.2) is 5.16 Å². The van der Waals surface area contributed by atoms with E-state index in [0.29, 0.717) is 11.0 Å². The third-order valence-electron chi connectivity index (χ3n) is 4.38. The number of para-hydroxylation sites is 1. The Hall–Kier alpha value is -2.08. The highest BCUT2D eigenvalue weighted by Gasteiger charge is 2.36. The molecule has 0 saturated carbocycles. The van der Waals surface area contributed by atoms with Crippen molar-refractivity contribution in [1.29, 1.82) is 0 Å². The van der Waals surface area contributed by atoms with Gasteiger partial charge < -0.3 is 10.6 Å². The van der Waals surface area contributed by atoms with Crippen LogP contribution in [0.15, 0.2) is 35.5 Å². The molecule has 132 valence electrons. The van der Waals surface area contributed by atoms with Crippen LogP contribution in [0.25, 0.3) is 0 Å². The fourth-order valence-corrected chi connectivity index (χ4v) is 4.31. The number of thioether (sulfide) groups is 1. The highest BCUT2D eigenvalue weighted by molar-refractivity contribution is 8.00. The Labute approximate surface area is 153 Å². The van der Waals surface area contributed by atoms with Gasteiger partial charge in [-0.05, 0) is 37.8 Å². The van der Waals surface area contributed by atoms with Crippen LogP contribution < -0.4 is 10.6 Å². The average molecular weight is 356 g/mol. The number of hydrogen-bond donors (Lipinski definition) is 1. The lowest BCUT2D eigenvalue weighted by molar-refractivity contribution is -0.119. The highest BCUT2D eigenvalue weighted by Crippen LogP contribution is 2.36. The van der Waals surface area contributed by atoms with Crippen LogP contribution in [0.4, 0.5) is 11.5 Å². The Kier molecular flexibility index (Phi) is 4.99. The second-order valence-corrected chi connectivity index (χ2v) is 8.00. The number of nitrogens with zero attached hydrogens (tertiary/aromatic N) is 3. The predicted octanol–water partition coefficient (Wildman–Crippen LogP) is 3.46. The topological polar surface area (TPSA) is 72.1 Å². The van der Waals surface area contributed by atoms with Crippen molar-refractivity contribution in [3.05, 3.63) is 41.6 Å². The first kappa shape index (κ1) is 17.7. The largest absolute Gasteiger partial charge is 0.384 e. The van der Waals surface area contributed by atoms with Gasteiger partial charge in [-0.15, -0.1) is 0 Å². The molecule has 1 aliphatic rings. The van der Waals surface area contributed by atoms with Crippen LogP contribution >= 0.6 is 11.8 Å². The first-order chi connectivity index (χ1) is 11.9. The predicted molar refractivity (Wildman–Crippen MR) is 103 cm³/mol. The molecule has 2 heterocycles. The standard InChI is InChI=1S/C19H24N4OS/c1-11(2)17(25-19-21-12(3)9-16(20)22-19)18(24)23-13(4)10-14-7-5-6-8-15(14)23/h5-9,11,13,17H,10H2,1-4H3,(H2,20,21,22)/t13-,17-/m0/s1. The van der Waals surface area contributed by atoms with Crippen LogP contribution in [0.1, 0.15) is 32.0 Å². The van der Waals surface area contributed by atoms with Crippen molar-refractivity contribution in [2.75, 3.05) is 10.6 Å². The monoisotopic (exact) mass is 356 g/mol. The average Bonchev–Trinajstić information content (AvgIpc) is 2.86. The number of anilines is 2. The summed E-state index contributed by atoms with van der Waals surface area (Å²) in [5.41, 5.74) is 8.90. The van der Waals surface area contributed by atoms with Gasteiger partial charge in [0.25, 0.3) is 0 Å². The van der Waals surface area contributed by atoms with Crippen molar-refractivity contribution in [2.24, 2.45) is 5.92 Å². The zero-order valence-corrected chi connectivity index (χ0v) is 15.9. The fraction of sp³-hybridized carbons (Fsp3) is 0.421. The van der Waals surface area contributed by atoms with Crippen molar-refractivity contribution in [1.82, 2.24) is 9.97 Å². The van der Waals surface area contributed by atoms with Crippen molar-refractivity contribution < 1.29 is 4.79 Å². The van der Waals surface area contributed by atoms with Crippen molar-refractivity contribution in [3.63, 3.8) is 0 Å². The number of aromatic nitrogens is 2. The number of carbonyl (C=O) groups excluding carboxylic acids is 1. The summed E-state index contributed by atoms with van der Waals surface area (Å²) in [6.45, 7) is 8.09. The molecule has 2 atom stereocenters. The van der Waals surface area contributed by atoms with Crippen molar-refractivity contribution in [3.8, 4) is 0 Å². The summed E-state index contributed by atoms with van der Waals surface area (Å²) in [7, 11) is 0. The van der Waals surface area contributed by atoms with Gasteiger partial charge in [-0.25, -0.2) is 9.97 Å². The molecule has 0 radical (unpaired) electrons. The lowest BCUT2D eigenvalue weighted by Crippen LogP contribution is -2.43. The van der Waals surface area contributed by atoms with Gasteiger partial charge in [0, 0.05) is 23.5 Å². The third kappa shape index (κ3) is 3.63. The summed E-state index contributed by atoms with van der Waals surface area (Å²) in [4.78, 5) is 24.0. The minimum Gasteiger partial charge on any atom is -0.384 e. The first-order valence-corrected chi connectivity index (χ1v) is 9.43. The number of aryl methyl sites for hydroxylation is 1. The van der Waals surface area contributed by atoms with Gasteiger partial charge in [-0.2, -0.15) is 0 Å². The zero-order chi connectivity index (χ0) is 18.1. The summed E-state index contributed by atoms with van der Waals surface area (Å²) in [5, 5.41) is 0.305. The van der Waals surface area contributed by atoms with E-state index in [4.69, 9.17) is 5.73 Å². The van der Waals surface area contributed by atoms with Gasteiger partial charge >= 0.3 is 0 Å². The van der Waals surface area contributed by atoms with Crippen LogP contribution in [-0.2, 0) is 11.2 Å². The van der Waals surface area contributed by atoms with Crippen LogP contribution in [0.2, 0.25) is 0 Å². The van der Waals surface area contributed by atoms with Gasteiger partial charge in [-0.1, -0.05) is 43.8 Å². The maximum absolute atomic E-state index is 13.4. The number of amides is 1. The molecule has 0 spiro atoms. The van der Waals surface area contributed by atoms with E-state index in [9.17, 15) is 4.79 Å². The third-order valence-corrected chi connectivity index (χ3v) is 5.77. The molecule has 0 fully saturated rings. The molecule has 5 nitrogen and oxygen atoms in total. The fourth-order valence-electron chi connectivity index (χ4n) is 3.24. The van der Waals surface area contributed by atoms with Crippen LogP contribution in [0, 0.1) is 12.8 Å². The second kappa shape index (κ2) is 7.04. The SMILES string of the molecule is Cc1cc(N)nc(S[C@H](C(=O)N2c3ccccc3C[C@@H]2C)C(C)C)n1. The minimum atomic E-state index is -0.255. The molecule has 2 aromatic rings. The Morgan fingerprint density at radius 1 is 1.32 bits per heavy atom. The minimum absolute atomic E-state index is 0.112. The summed E-state index contributed by atoms with van der Waals surface area (Å²) in [5.74, 6) is 0.703. The number of carbonyl (C=O) groups is 1. The lowest BCUT2D eigenvalue weighted by Gasteiger charge is -2.29. The molecular weight excluding hydrogens is 332 g/mol. The number of hydrogen-bond acceptors (Lipinski definition) is 5. The van der Waals surface area contributed by atoms with Crippen LogP contribution in [-0.4, -0.2) is 27.2 Å². The van der Waals surface area contributed by atoms with Crippen LogP contribution in [0.3, 0.4) is 0 Å². The first-order valence-electron chi connectivity index (χ1n) is 8.55. The van der Waals surface area contributed by atoms with E-state index in [0.717, 1.165) is 17.8 Å². The normalized spacial score (nSPS) is 17.6. The number of nitrogens with two attached hydrogens (primary N) is 1. The Bertz CT molecular complexity index is 772. The van der Waals surface area contributed by atoms with Crippen molar-refractivity contribution >= 4 is 29.2 Å². The van der Waals surface area contributed by atoms with Crippen molar-refractivity contribution in [2.45, 2.75) is 50.6 Å². The molecule has 0 unspecified atom stereocenters. The summed E-state index contributed by atoms with van der Waals surface area (Å²) in [6, 6.07) is 10.0. The lowest BCUT2D eigenvalue weighted by atomic mass is 10.1. The van der Waals surface area contributed by atoms with E-state index >= 15 is 0 Å². The number of benzene rings is 1. The smallest absolute Gasteiger partial charge is 0.241 e. The number of fused-ring (bicyclic) bond motifs is 1. The van der Waals surface area contributed by atoms with Crippen LogP contribution in [0.5, 0.6) is 0 Å². The quantitative estimate of drug-likeness (QED) is 0.671. The second-order valence-electron chi connectivity index (χ2n) is 6.89. The van der Waals surface area contributed by atoms with E-state index in [2.05, 4.69) is 36.8 Å². The molecule has 25 heavy (non-hydrogen) atoms. The summed E-state index contributed by atoms with van der Waals surface area (Å²) < 4.78 is 0. The van der Waals surface area contributed by atoms with Gasteiger partial charge in [0.2, 0.25) is 5.91 Å². The Balaban J connectivity index is 1.89. The highest BCUT2D eigenvalue weighted by atomic mass is 32.2. The molecule has 0 saturated heterocycles. The maximum atomic E-state index is 13.4.